The summed E-state index contributed by atoms with van der Waals surface area (Å²) < 4.78 is 43.2. The van der Waals surface area contributed by atoms with E-state index in [9.17, 15) is 18.0 Å². The molecule has 1 heterocycles. The summed E-state index contributed by atoms with van der Waals surface area (Å²) in [5, 5.41) is 2.54. The molecule has 112 valence electrons. The van der Waals surface area contributed by atoms with Crippen molar-refractivity contribution in [3.8, 4) is 0 Å². The SMILES string of the molecule is Cc1nc(CC(=O)OCc2ccccc2C(F)(F)F)cs1. The lowest BCUT2D eigenvalue weighted by molar-refractivity contribution is -0.147. The number of aryl methyl sites for hydroxylation is 1. The van der Waals surface area contributed by atoms with E-state index in [4.69, 9.17) is 4.74 Å². The number of aromatic nitrogens is 1. The highest BCUT2D eigenvalue weighted by molar-refractivity contribution is 7.09. The Morgan fingerprint density at radius 1 is 1.33 bits per heavy atom. The molecule has 0 aliphatic heterocycles. The Bertz CT molecular complexity index is 637. The number of thiazole rings is 1. The summed E-state index contributed by atoms with van der Waals surface area (Å²) in [4.78, 5) is 15.7. The molecule has 21 heavy (non-hydrogen) atoms. The Balaban J connectivity index is 1.98. The van der Waals surface area contributed by atoms with E-state index in [-0.39, 0.29) is 12.0 Å². The minimum Gasteiger partial charge on any atom is -0.460 e. The largest absolute Gasteiger partial charge is 0.460 e. The molecule has 0 fully saturated rings. The van der Waals surface area contributed by atoms with Gasteiger partial charge >= 0.3 is 12.1 Å². The van der Waals surface area contributed by atoms with E-state index in [1.165, 1.54) is 29.5 Å². The molecule has 7 heteroatoms. The molecular formula is C14H12F3NO2S. The average Bonchev–Trinajstić information content (AvgIpc) is 2.81. The summed E-state index contributed by atoms with van der Waals surface area (Å²) in [7, 11) is 0. The van der Waals surface area contributed by atoms with Gasteiger partial charge < -0.3 is 4.74 Å². The summed E-state index contributed by atoms with van der Waals surface area (Å²) in [6, 6.07) is 5.03. The Kier molecular flexibility index (Phi) is 4.62. The van der Waals surface area contributed by atoms with Gasteiger partial charge in [-0.2, -0.15) is 13.2 Å². The Hall–Kier alpha value is -1.89. The van der Waals surface area contributed by atoms with Crippen molar-refractivity contribution >= 4 is 17.3 Å². The number of carbonyl (C=O) groups excluding carboxylic acids is 1. The summed E-state index contributed by atoms with van der Waals surface area (Å²) in [6.45, 7) is 1.40. The van der Waals surface area contributed by atoms with Crippen LogP contribution >= 0.6 is 11.3 Å². The first kappa shape index (κ1) is 15.5. The molecule has 0 saturated heterocycles. The van der Waals surface area contributed by atoms with Crippen LogP contribution in [0.4, 0.5) is 13.2 Å². The summed E-state index contributed by atoms with van der Waals surface area (Å²) >= 11 is 1.40. The molecule has 3 nitrogen and oxygen atoms in total. The fourth-order valence-corrected chi connectivity index (χ4v) is 2.38. The molecule has 0 aliphatic carbocycles. The molecule has 0 atom stereocenters. The van der Waals surface area contributed by atoms with Crippen molar-refractivity contribution in [2.45, 2.75) is 26.1 Å². The number of halogens is 3. The highest BCUT2D eigenvalue weighted by Gasteiger charge is 2.33. The van der Waals surface area contributed by atoms with Crippen LogP contribution in [0.15, 0.2) is 29.6 Å². The number of esters is 1. The lowest BCUT2D eigenvalue weighted by Crippen LogP contribution is -2.13. The normalized spacial score (nSPS) is 11.4. The van der Waals surface area contributed by atoms with Gasteiger partial charge in [0, 0.05) is 10.9 Å². The van der Waals surface area contributed by atoms with Gasteiger partial charge in [0.05, 0.1) is 22.7 Å². The predicted molar refractivity (Wildman–Crippen MR) is 71.8 cm³/mol. The van der Waals surface area contributed by atoms with Crippen LogP contribution in [-0.2, 0) is 28.7 Å². The van der Waals surface area contributed by atoms with E-state index in [2.05, 4.69) is 4.98 Å². The number of nitrogens with zero attached hydrogens (tertiary/aromatic N) is 1. The Morgan fingerprint density at radius 2 is 2.05 bits per heavy atom. The number of carbonyl (C=O) groups is 1. The third-order valence-electron chi connectivity index (χ3n) is 2.70. The van der Waals surface area contributed by atoms with Gasteiger partial charge in [-0.15, -0.1) is 11.3 Å². The topological polar surface area (TPSA) is 39.2 Å². The first-order valence-corrected chi connectivity index (χ1v) is 6.96. The first-order chi connectivity index (χ1) is 9.86. The summed E-state index contributed by atoms with van der Waals surface area (Å²) in [5.41, 5.74) is -0.290. The molecule has 0 radical (unpaired) electrons. The van der Waals surface area contributed by atoms with Crippen LogP contribution in [0.3, 0.4) is 0 Å². The van der Waals surface area contributed by atoms with Crippen LogP contribution < -0.4 is 0 Å². The van der Waals surface area contributed by atoms with Crippen LogP contribution in [0.25, 0.3) is 0 Å². The van der Waals surface area contributed by atoms with E-state index < -0.39 is 24.3 Å². The molecule has 0 bridgehead atoms. The van der Waals surface area contributed by atoms with Crippen LogP contribution in [-0.4, -0.2) is 11.0 Å². The van der Waals surface area contributed by atoms with Gasteiger partial charge in [-0.25, -0.2) is 4.98 Å². The standard InChI is InChI=1S/C14H12F3NO2S/c1-9-18-11(8-21-9)6-13(19)20-7-10-4-2-3-5-12(10)14(15,16)17/h2-5,8H,6-7H2,1H3. The smallest absolute Gasteiger partial charge is 0.416 e. The molecule has 0 spiro atoms. The molecule has 2 aromatic rings. The molecule has 0 amide bonds. The molecule has 0 saturated carbocycles. The highest BCUT2D eigenvalue weighted by Crippen LogP contribution is 2.32. The second kappa shape index (κ2) is 6.26. The molecule has 0 unspecified atom stereocenters. The first-order valence-electron chi connectivity index (χ1n) is 6.08. The summed E-state index contributed by atoms with van der Waals surface area (Å²) in [6.07, 6.45) is -4.51. The van der Waals surface area contributed by atoms with Crippen LogP contribution in [0, 0.1) is 6.92 Å². The van der Waals surface area contributed by atoms with E-state index in [0.717, 1.165) is 11.1 Å². The second-order valence-corrected chi connectivity index (χ2v) is 5.41. The van der Waals surface area contributed by atoms with Crippen LogP contribution in [0.1, 0.15) is 21.8 Å². The number of ether oxygens (including phenoxy) is 1. The molecule has 0 aliphatic rings. The molecule has 0 N–H and O–H groups in total. The zero-order valence-corrected chi connectivity index (χ0v) is 11.9. The fraction of sp³-hybridized carbons (Fsp3) is 0.286. The Labute approximate surface area is 123 Å². The Morgan fingerprint density at radius 3 is 2.67 bits per heavy atom. The second-order valence-electron chi connectivity index (χ2n) is 4.35. The van der Waals surface area contributed by atoms with Gasteiger partial charge in [0.15, 0.2) is 0 Å². The van der Waals surface area contributed by atoms with Crippen molar-refractivity contribution in [2.75, 3.05) is 0 Å². The van der Waals surface area contributed by atoms with Gasteiger partial charge in [-0.05, 0) is 13.0 Å². The number of hydrogen-bond donors (Lipinski definition) is 0. The fourth-order valence-electron chi connectivity index (χ4n) is 1.77. The minimum absolute atomic E-state index is 0.0431. The van der Waals surface area contributed by atoms with Crippen molar-refractivity contribution in [2.24, 2.45) is 0 Å². The maximum absolute atomic E-state index is 12.8. The lowest BCUT2D eigenvalue weighted by Gasteiger charge is -2.12. The third-order valence-corrected chi connectivity index (χ3v) is 3.53. The van der Waals surface area contributed by atoms with Crippen molar-refractivity contribution in [1.82, 2.24) is 4.98 Å². The van der Waals surface area contributed by atoms with Crippen LogP contribution in [0.5, 0.6) is 0 Å². The quantitative estimate of drug-likeness (QED) is 0.807. The monoisotopic (exact) mass is 315 g/mol. The molecule has 2 rings (SSSR count). The minimum atomic E-state index is -4.46. The van der Waals surface area contributed by atoms with Crippen molar-refractivity contribution in [3.05, 3.63) is 51.5 Å². The molecular weight excluding hydrogens is 303 g/mol. The number of rotatable bonds is 4. The maximum atomic E-state index is 12.8. The zero-order valence-electron chi connectivity index (χ0n) is 11.1. The van der Waals surface area contributed by atoms with E-state index in [1.807, 2.05) is 0 Å². The van der Waals surface area contributed by atoms with Crippen molar-refractivity contribution < 1.29 is 22.7 Å². The van der Waals surface area contributed by atoms with E-state index in [1.54, 1.807) is 12.3 Å². The highest BCUT2D eigenvalue weighted by atomic mass is 32.1. The van der Waals surface area contributed by atoms with Crippen LogP contribution in [0.2, 0.25) is 0 Å². The van der Waals surface area contributed by atoms with E-state index >= 15 is 0 Å². The maximum Gasteiger partial charge on any atom is 0.416 e. The van der Waals surface area contributed by atoms with Gasteiger partial charge in [0.2, 0.25) is 0 Å². The lowest BCUT2D eigenvalue weighted by atomic mass is 10.1. The third kappa shape index (κ3) is 4.29. The predicted octanol–water partition coefficient (Wildman–Crippen LogP) is 3.76. The number of alkyl halides is 3. The zero-order chi connectivity index (χ0) is 15.5. The molecule has 1 aromatic carbocycles. The van der Waals surface area contributed by atoms with Gasteiger partial charge in [0.25, 0.3) is 0 Å². The number of hydrogen-bond acceptors (Lipinski definition) is 4. The molecule has 1 aromatic heterocycles. The van der Waals surface area contributed by atoms with E-state index in [0.29, 0.717) is 5.69 Å². The van der Waals surface area contributed by atoms with Crippen molar-refractivity contribution in [1.29, 1.82) is 0 Å². The van der Waals surface area contributed by atoms with Gasteiger partial charge in [-0.1, -0.05) is 18.2 Å². The summed E-state index contributed by atoms with van der Waals surface area (Å²) in [5.74, 6) is -0.600. The average molecular weight is 315 g/mol. The van der Waals surface area contributed by atoms with Gasteiger partial charge in [-0.3, -0.25) is 4.79 Å². The van der Waals surface area contributed by atoms with Crippen molar-refractivity contribution in [3.63, 3.8) is 0 Å². The van der Waals surface area contributed by atoms with Gasteiger partial charge in [0.1, 0.15) is 6.61 Å². The number of benzene rings is 1.